The zero-order chi connectivity index (χ0) is 13.1. The number of methoxy groups -OCH3 is 2. The molecule has 0 aliphatic rings. The van der Waals surface area contributed by atoms with Crippen molar-refractivity contribution in [3.63, 3.8) is 0 Å². The van der Waals surface area contributed by atoms with Gasteiger partial charge < -0.3 is 19.7 Å². The molecule has 4 heteroatoms. The van der Waals surface area contributed by atoms with Crippen LogP contribution in [-0.4, -0.2) is 24.4 Å². The van der Waals surface area contributed by atoms with E-state index in [2.05, 4.69) is 0 Å². The van der Waals surface area contributed by atoms with E-state index in [0.717, 1.165) is 11.1 Å². The van der Waals surface area contributed by atoms with Crippen LogP contribution >= 0.6 is 0 Å². The summed E-state index contributed by atoms with van der Waals surface area (Å²) in [6, 6.07) is 9.94. The Bertz CT molecular complexity index is 564. The van der Waals surface area contributed by atoms with E-state index >= 15 is 0 Å². The maximum absolute atomic E-state index is 9.73. The molecular weight excluding hydrogens is 232 g/mol. The van der Waals surface area contributed by atoms with Crippen LogP contribution in [0.3, 0.4) is 0 Å². The molecule has 0 aliphatic heterocycles. The molecule has 0 fully saturated rings. The second-order valence-corrected chi connectivity index (χ2v) is 3.81. The van der Waals surface area contributed by atoms with Gasteiger partial charge in [0.05, 0.1) is 14.2 Å². The fourth-order valence-electron chi connectivity index (χ4n) is 1.74. The lowest BCUT2D eigenvalue weighted by atomic mass is 10.0. The van der Waals surface area contributed by atoms with E-state index < -0.39 is 0 Å². The van der Waals surface area contributed by atoms with Gasteiger partial charge in [-0.3, -0.25) is 0 Å². The summed E-state index contributed by atoms with van der Waals surface area (Å²) >= 11 is 0. The highest BCUT2D eigenvalue weighted by molar-refractivity contribution is 5.69. The molecule has 94 valence electrons. The molecule has 0 radical (unpaired) electrons. The third-order valence-corrected chi connectivity index (χ3v) is 2.64. The molecule has 0 amide bonds. The second kappa shape index (κ2) is 4.87. The lowest BCUT2D eigenvalue weighted by molar-refractivity contribution is 0.373. The quantitative estimate of drug-likeness (QED) is 0.874. The van der Waals surface area contributed by atoms with Gasteiger partial charge in [-0.25, -0.2) is 0 Å². The van der Waals surface area contributed by atoms with Gasteiger partial charge in [-0.15, -0.1) is 0 Å². The number of ether oxygens (including phenoxy) is 2. The fourth-order valence-corrected chi connectivity index (χ4v) is 1.74. The lowest BCUT2D eigenvalue weighted by Crippen LogP contribution is -1.86. The number of phenols is 2. The van der Waals surface area contributed by atoms with E-state index in [1.165, 1.54) is 20.3 Å². The second-order valence-electron chi connectivity index (χ2n) is 3.81. The number of hydrogen-bond acceptors (Lipinski definition) is 4. The van der Waals surface area contributed by atoms with Gasteiger partial charge in [0.2, 0.25) is 0 Å². The van der Waals surface area contributed by atoms with E-state index in [9.17, 15) is 10.2 Å². The average molecular weight is 246 g/mol. The van der Waals surface area contributed by atoms with E-state index in [4.69, 9.17) is 9.47 Å². The Hall–Kier alpha value is -2.36. The summed E-state index contributed by atoms with van der Waals surface area (Å²) in [6.07, 6.45) is 0. The van der Waals surface area contributed by atoms with Crippen molar-refractivity contribution in [1.82, 2.24) is 0 Å². The minimum atomic E-state index is 0.0531. The van der Waals surface area contributed by atoms with Crippen LogP contribution in [0.5, 0.6) is 23.0 Å². The van der Waals surface area contributed by atoms with Gasteiger partial charge in [-0.1, -0.05) is 6.07 Å². The molecule has 0 saturated heterocycles. The number of phenolic OH excluding ortho intramolecular Hbond substituents is 2. The Labute approximate surface area is 105 Å². The van der Waals surface area contributed by atoms with Crippen molar-refractivity contribution in [1.29, 1.82) is 0 Å². The van der Waals surface area contributed by atoms with Crippen LogP contribution < -0.4 is 9.47 Å². The van der Waals surface area contributed by atoms with Crippen molar-refractivity contribution >= 4 is 0 Å². The number of rotatable bonds is 3. The molecule has 2 aromatic rings. The van der Waals surface area contributed by atoms with Crippen LogP contribution in [0.15, 0.2) is 36.4 Å². The number of benzene rings is 2. The Morgan fingerprint density at radius 2 is 1.61 bits per heavy atom. The zero-order valence-electron chi connectivity index (χ0n) is 10.2. The van der Waals surface area contributed by atoms with Gasteiger partial charge in [-0.2, -0.15) is 0 Å². The predicted octanol–water partition coefficient (Wildman–Crippen LogP) is 2.78. The molecule has 2 N–H and O–H groups in total. The first-order valence-electron chi connectivity index (χ1n) is 5.39. The summed E-state index contributed by atoms with van der Waals surface area (Å²) in [4.78, 5) is 0. The van der Waals surface area contributed by atoms with Crippen LogP contribution in [0, 0.1) is 0 Å². The molecule has 0 atom stereocenters. The minimum absolute atomic E-state index is 0.0531. The lowest BCUT2D eigenvalue weighted by Gasteiger charge is -2.08. The highest BCUT2D eigenvalue weighted by Gasteiger charge is 2.07. The first-order chi connectivity index (χ1) is 8.63. The monoisotopic (exact) mass is 246 g/mol. The van der Waals surface area contributed by atoms with Gasteiger partial charge in [0, 0.05) is 6.07 Å². The van der Waals surface area contributed by atoms with Crippen LogP contribution in [-0.2, 0) is 0 Å². The van der Waals surface area contributed by atoms with E-state index in [1.807, 2.05) is 0 Å². The van der Waals surface area contributed by atoms with Gasteiger partial charge in [0.25, 0.3) is 0 Å². The van der Waals surface area contributed by atoms with Crippen molar-refractivity contribution in [2.45, 2.75) is 0 Å². The minimum Gasteiger partial charge on any atom is -0.508 e. The van der Waals surface area contributed by atoms with Crippen molar-refractivity contribution in [3.8, 4) is 34.1 Å². The van der Waals surface area contributed by atoms with Gasteiger partial charge in [0.15, 0.2) is 11.5 Å². The van der Waals surface area contributed by atoms with Crippen LogP contribution in [0.25, 0.3) is 11.1 Å². The van der Waals surface area contributed by atoms with Gasteiger partial charge in [0.1, 0.15) is 11.5 Å². The van der Waals surface area contributed by atoms with Crippen molar-refractivity contribution in [2.24, 2.45) is 0 Å². The molecule has 0 aromatic heterocycles. The number of hydrogen-bond donors (Lipinski definition) is 2. The molecule has 2 rings (SSSR count). The highest BCUT2D eigenvalue weighted by Crippen LogP contribution is 2.34. The molecular formula is C14H14O4. The summed E-state index contributed by atoms with van der Waals surface area (Å²) in [6.45, 7) is 0. The average Bonchev–Trinajstić information content (AvgIpc) is 2.37. The first kappa shape index (κ1) is 12.1. The largest absolute Gasteiger partial charge is 0.508 e. The zero-order valence-corrected chi connectivity index (χ0v) is 10.2. The molecule has 0 saturated carbocycles. The van der Waals surface area contributed by atoms with E-state index in [1.54, 1.807) is 30.3 Å². The van der Waals surface area contributed by atoms with Crippen LogP contribution in [0.1, 0.15) is 0 Å². The molecule has 4 nitrogen and oxygen atoms in total. The molecule has 18 heavy (non-hydrogen) atoms. The smallest absolute Gasteiger partial charge is 0.160 e. The summed E-state index contributed by atoms with van der Waals surface area (Å²) in [7, 11) is 3.02. The third-order valence-electron chi connectivity index (χ3n) is 2.64. The molecule has 0 spiro atoms. The Balaban J connectivity index is 2.48. The van der Waals surface area contributed by atoms with Gasteiger partial charge >= 0.3 is 0 Å². The van der Waals surface area contributed by atoms with Crippen molar-refractivity contribution < 1.29 is 19.7 Å². The molecule has 0 bridgehead atoms. The summed E-state index contributed by atoms with van der Waals surface area (Å²) in [5.41, 5.74) is 1.52. The van der Waals surface area contributed by atoms with E-state index in [-0.39, 0.29) is 11.5 Å². The van der Waals surface area contributed by atoms with Crippen LogP contribution in [0.2, 0.25) is 0 Å². The first-order valence-corrected chi connectivity index (χ1v) is 5.39. The molecule has 0 unspecified atom stereocenters. The Morgan fingerprint density at radius 1 is 0.833 bits per heavy atom. The topological polar surface area (TPSA) is 58.9 Å². The van der Waals surface area contributed by atoms with Gasteiger partial charge in [-0.05, 0) is 35.4 Å². The van der Waals surface area contributed by atoms with Crippen molar-refractivity contribution in [2.75, 3.05) is 14.2 Å². The highest BCUT2D eigenvalue weighted by atomic mass is 16.5. The van der Waals surface area contributed by atoms with E-state index in [0.29, 0.717) is 11.5 Å². The maximum atomic E-state index is 9.73. The van der Waals surface area contributed by atoms with Crippen LogP contribution in [0.4, 0.5) is 0 Å². The molecule has 2 aromatic carbocycles. The SMILES string of the molecule is COc1cc(O)cc(-c2ccc(OC)c(O)c2)c1. The third kappa shape index (κ3) is 2.32. The van der Waals surface area contributed by atoms with Crippen molar-refractivity contribution in [3.05, 3.63) is 36.4 Å². The standard InChI is InChI=1S/C14H14O4/c1-17-12-6-10(5-11(15)8-12)9-3-4-14(18-2)13(16)7-9/h3-8,15-16H,1-2H3. The summed E-state index contributed by atoms with van der Waals surface area (Å²) in [5, 5.41) is 19.3. The number of aromatic hydroxyl groups is 2. The molecule has 0 aliphatic carbocycles. The summed E-state index contributed by atoms with van der Waals surface area (Å²) < 4.78 is 10.1. The Morgan fingerprint density at radius 3 is 2.22 bits per heavy atom. The normalized spacial score (nSPS) is 10.1. The molecule has 0 heterocycles. The maximum Gasteiger partial charge on any atom is 0.160 e. The Kier molecular flexibility index (Phi) is 3.28. The fraction of sp³-hybridized carbons (Fsp3) is 0.143. The summed E-state index contributed by atoms with van der Waals surface area (Å²) in [5.74, 6) is 1.13. The predicted molar refractivity (Wildman–Crippen MR) is 68.3 cm³/mol.